The molecule has 10 atom stereocenters. The lowest BCUT2D eigenvalue weighted by Crippen LogP contribution is -2.64. The molecule has 0 aliphatic carbocycles. The Hall–Kier alpha value is -0.260. The van der Waals surface area contributed by atoms with E-state index >= 15 is 0 Å². The Morgan fingerprint density at radius 1 is 1.00 bits per heavy atom. The molecule has 0 spiro atoms. The molecule has 0 aromatic rings. The molecule has 2 aliphatic heterocycles. The molecule has 16 nitrogen and oxygen atoms in total. The minimum absolute atomic E-state index is 0.162. The van der Waals surface area contributed by atoms with Gasteiger partial charge in [0.1, 0.15) is 48.8 Å². The van der Waals surface area contributed by atoms with Crippen LogP contribution in [0.4, 0.5) is 0 Å². The molecule has 18 heteroatoms. The van der Waals surface area contributed by atoms with E-state index in [2.05, 4.69) is 13.6 Å². The highest BCUT2D eigenvalue weighted by atomic mass is 32.3. The van der Waals surface area contributed by atoms with Crippen LogP contribution in [0.3, 0.4) is 0 Å². The minimum atomic E-state index is -4.86. The number of aliphatic hydroxyl groups is 4. The summed E-state index contributed by atoms with van der Waals surface area (Å²) >= 11 is 0.162. The Labute approximate surface area is 187 Å². The Bertz CT molecular complexity index is 665. The summed E-state index contributed by atoms with van der Waals surface area (Å²) in [5.74, 6) is 0. The van der Waals surface area contributed by atoms with Crippen molar-refractivity contribution in [2.24, 2.45) is 0 Å². The van der Waals surface area contributed by atoms with Crippen molar-refractivity contribution in [3.8, 4) is 0 Å². The van der Waals surface area contributed by atoms with Crippen LogP contribution in [0.5, 0.6) is 0 Å². The van der Waals surface area contributed by atoms with Crippen LogP contribution in [0.15, 0.2) is 0 Å². The van der Waals surface area contributed by atoms with Crippen molar-refractivity contribution in [1.29, 1.82) is 0 Å². The zero-order valence-electron chi connectivity index (χ0n) is 16.8. The zero-order chi connectivity index (χ0) is 24.1. The topological polar surface area (TPSA) is 229 Å². The second-order valence-electron chi connectivity index (χ2n) is 6.86. The molecule has 0 bridgehead atoms. The van der Waals surface area contributed by atoms with Gasteiger partial charge in [-0.15, -0.1) is 4.33 Å². The highest BCUT2D eigenvalue weighted by Crippen LogP contribution is 2.32. The summed E-state index contributed by atoms with van der Waals surface area (Å²) in [6, 6.07) is 0. The van der Waals surface area contributed by atoms with Crippen LogP contribution in [0.2, 0.25) is 0 Å². The smallest absolute Gasteiger partial charge is 0.394 e. The Morgan fingerprint density at radius 3 is 2.25 bits per heavy atom. The second kappa shape index (κ2) is 12.4. The normalized spacial score (nSPS) is 41.0. The highest BCUT2D eigenvalue weighted by molar-refractivity contribution is 7.89. The third-order valence-corrected chi connectivity index (χ3v) is 5.72. The van der Waals surface area contributed by atoms with Crippen LogP contribution in [0.1, 0.15) is 6.92 Å². The van der Waals surface area contributed by atoms with Gasteiger partial charge in [0.05, 0.1) is 19.3 Å². The Kier molecular flexibility index (Phi) is 10.9. The molecular formula is C14H26O16S2. The van der Waals surface area contributed by atoms with Gasteiger partial charge in [-0.3, -0.25) is 8.74 Å². The fourth-order valence-electron chi connectivity index (χ4n) is 3.35. The molecule has 2 heterocycles. The van der Waals surface area contributed by atoms with E-state index in [-0.39, 0.29) is 12.3 Å². The molecule has 0 aromatic carbocycles. The van der Waals surface area contributed by atoms with E-state index in [1.54, 1.807) is 0 Å². The van der Waals surface area contributed by atoms with Gasteiger partial charge in [0.2, 0.25) is 0 Å². The van der Waals surface area contributed by atoms with E-state index in [1.165, 1.54) is 14.0 Å². The Balaban J connectivity index is 2.18. The maximum atomic E-state index is 10.9. The van der Waals surface area contributed by atoms with Crippen LogP contribution in [-0.2, 0) is 47.1 Å². The molecule has 2 saturated heterocycles. The van der Waals surface area contributed by atoms with E-state index in [1.807, 2.05) is 0 Å². The first kappa shape index (κ1) is 28.0. The van der Waals surface area contributed by atoms with Gasteiger partial charge in [-0.25, -0.2) is 9.44 Å². The summed E-state index contributed by atoms with van der Waals surface area (Å²) < 4.78 is 65.8. The fourth-order valence-corrected chi connectivity index (χ4v) is 4.04. The van der Waals surface area contributed by atoms with Crippen molar-refractivity contribution in [1.82, 2.24) is 0 Å². The molecule has 0 radical (unpaired) electrons. The molecule has 0 saturated carbocycles. The summed E-state index contributed by atoms with van der Waals surface area (Å²) in [6.45, 7) is -0.0498. The molecule has 0 amide bonds. The number of rotatable bonds is 11. The van der Waals surface area contributed by atoms with Gasteiger partial charge in [0.15, 0.2) is 18.6 Å². The average molecular weight is 514 g/mol. The molecule has 6 N–H and O–H groups in total. The van der Waals surface area contributed by atoms with Gasteiger partial charge in [-0.2, -0.15) is 8.42 Å². The second-order valence-corrected chi connectivity index (χ2v) is 8.42. The predicted molar refractivity (Wildman–Crippen MR) is 98.5 cm³/mol. The number of hydrogen-bond donors (Lipinski definition) is 6. The summed E-state index contributed by atoms with van der Waals surface area (Å²) in [5.41, 5.74) is 0. The Morgan fingerprint density at radius 2 is 1.69 bits per heavy atom. The molecule has 2 aliphatic rings. The van der Waals surface area contributed by atoms with Crippen molar-refractivity contribution in [2.75, 3.05) is 20.3 Å². The quantitative estimate of drug-likeness (QED) is 0.0536. The number of methoxy groups -OCH3 is 1. The van der Waals surface area contributed by atoms with E-state index in [0.717, 1.165) is 0 Å². The standard InChI is InChI=1S/C14H26O16S2/c1-5-8(16)9(17)11(7(25-5)4-24-32(20,21)22)27-14-10(18)13(23-2)12(6(3-15)26-14)28-31-30-29-19/h5-19H,3-4H2,1-2H3,(H,20,21,22)/t5-,6?,7?,8-,9?,10+,11-,12-,13?,14-/m0/s1. The molecule has 4 unspecified atom stereocenters. The lowest BCUT2D eigenvalue weighted by molar-refractivity contribution is -0.435. The maximum Gasteiger partial charge on any atom is 0.397 e. The van der Waals surface area contributed by atoms with Crippen molar-refractivity contribution < 1.29 is 75.3 Å². The largest absolute Gasteiger partial charge is 0.397 e. The predicted octanol–water partition coefficient (Wildman–Crippen LogP) is -2.84. The first-order chi connectivity index (χ1) is 15.0. The van der Waals surface area contributed by atoms with Crippen molar-refractivity contribution in [3.05, 3.63) is 0 Å². The van der Waals surface area contributed by atoms with Gasteiger partial charge < -0.3 is 39.4 Å². The summed E-state index contributed by atoms with van der Waals surface area (Å²) in [4.78, 5) is 0. The number of aliphatic hydroxyl groups excluding tert-OH is 4. The van der Waals surface area contributed by atoms with Gasteiger partial charge >= 0.3 is 10.4 Å². The van der Waals surface area contributed by atoms with Gasteiger partial charge in [0.25, 0.3) is 0 Å². The van der Waals surface area contributed by atoms with Crippen molar-refractivity contribution in [2.45, 2.75) is 68.1 Å². The number of ether oxygens (including phenoxy) is 4. The third-order valence-electron chi connectivity index (χ3n) is 4.87. The van der Waals surface area contributed by atoms with Gasteiger partial charge in [-0.1, -0.05) is 5.04 Å². The maximum absolute atomic E-state index is 10.9. The summed E-state index contributed by atoms with van der Waals surface area (Å²) in [5, 5.41) is 52.4. The molecule has 32 heavy (non-hydrogen) atoms. The zero-order valence-corrected chi connectivity index (χ0v) is 18.4. The lowest BCUT2D eigenvalue weighted by Gasteiger charge is -2.46. The first-order valence-electron chi connectivity index (χ1n) is 9.10. The SMILES string of the molecule is COC1[C@@H](OSOOO)C(CO)O[C@@H](O[C@H]2C(COS(=O)(=O)O)O[C@@H](C)[C@H](O)C2O)[C@@H]1O. The third kappa shape index (κ3) is 7.12. The first-order valence-corrected chi connectivity index (χ1v) is 11.1. The van der Waals surface area contributed by atoms with Crippen molar-refractivity contribution in [3.63, 3.8) is 0 Å². The van der Waals surface area contributed by atoms with Crippen molar-refractivity contribution >= 4 is 22.7 Å². The average Bonchev–Trinajstić information content (AvgIpc) is 2.74. The summed E-state index contributed by atoms with van der Waals surface area (Å²) in [6.07, 6.45) is -13.6. The monoisotopic (exact) mass is 514 g/mol. The highest BCUT2D eigenvalue weighted by Gasteiger charge is 2.51. The van der Waals surface area contributed by atoms with Crippen LogP contribution in [-0.4, -0.2) is 120 Å². The lowest BCUT2D eigenvalue weighted by atomic mass is 9.95. The van der Waals surface area contributed by atoms with E-state index < -0.39 is 84.8 Å². The van der Waals surface area contributed by atoms with Crippen LogP contribution in [0, 0.1) is 0 Å². The van der Waals surface area contributed by atoms with Crippen LogP contribution < -0.4 is 0 Å². The molecule has 0 aromatic heterocycles. The van der Waals surface area contributed by atoms with E-state index in [9.17, 15) is 28.8 Å². The molecule has 2 rings (SSSR count). The molecule has 190 valence electrons. The van der Waals surface area contributed by atoms with E-state index in [4.69, 9.17) is 32.9 Å². The van der Waals surface area contributed by atoms with Gasteiger partial charge in [0, 0.05) is 7.11 Å². The molecule has 2 fully saturated rings. The fraction of sp³-hybridized carbons (Fsp3) is 1.00. The minimum Gasteiger partial charge on any atom is -0.394 e. The molecular weight excluding hydrogens is 488 g/mol. The van der Waals surface area contributed by atoms with Crippen LogP contribution in [0.25, 0.3) is 0 Å². The van der Waals surface area contributed by atoms with Crippen LogP contribution >= 0.6 is 12.3 Å². The summed E-state index contributed by atoms with van der Waals surface area (Å²) in [7, 11) is -3.65. The number of hydrogen-bond acceptors (Lipinski definition) is 16. The van der Waals surface area contributed by atoms with Gasteiger partial charge in [-0.05, 0) is 6.92 Å². The van der Waals surface area contributed by atoms with E-state index in [0.29, 0.717) is 0 Å².